The van der Waals surface area contributed by atoms with Gasteiger partial charge < -0.3 is 4.90 Å². The molecule has 1 aromatic carbocycles. The van der Waals surface area contributed by atoms with Crippen LogP contribution in [0.25, 0.3) is 0 Å². The number of nitrogens with one attached hydrogen (secondary N) is 1. The Bertz CT molecular complexity index is 709. The SMILES string of the molecule is N#Cc1ccc(N2CCCN(CC(=O)Nc3nncs3)CC2)cc1. The number of aromatic nitrogens is 2. The molecule has 124 valence electrons. The molecule has 1 aromatic heterocycles. The van der Waals surface area contributed by atoms with Gasteiger partial charge in [-0.3, -0.25) is 15.0 Å². The van der Waals surface area contributed by atoms with E-state index in [9.17, 15) is 4.79 Å². The molecule has 2 heterocycles. The van der Waals surface area contributed by atoms with Gasteiger partial charge in [0.05, 0.1) is 18.2 Å². The first kappa shape index (κ1) is 16.4. The maximum Gasteiger partial charge on any atom is 0.240 e. The molecule has 1 aliphatic rings. The molecule has 0 radical (unpaired) electrons. The molecular formula is C16H18N6OS. The first-order valence-corrected chi connectivity index (χ1v) is 8.66. The van der Waals surface area contributed by atoms with Crippen molar-refractivity contribution in [3.05, 3.63) is 35.3 Å². The predicted molar refractivity (Wildman–Crippen MR) is 93.0 cm³/mol. The van der Waals surface area contributed by atoms with Gasteiger partial charge in [-0.1, -0.05) is 11.3 Å². The van der Waals surface area contributed by atoms with Crippen LogP contribution in [-0.2, 0) is 4.79 Å². The number of nitriles is 1. The van der Waals surface area contributed by atoms with Crippen molar-refractivity contribution < 1.29 is 4.79 Å². The molecule has 2 aromatic rings. The lowest BCUT2D eigenvalue weighted by atomic mass is 10.2. The molecule has 0 saturated carbocycles. The molecule has 1 saturated heterocycles. The van der Waals surface area contributed by atoms with Gasteiger partial charge in [-0.25, -0.2) is 0 Å². The maximum absolute atomic E-state index is 12.1. The number of rotatable bonds is 4. The summed E-state index contributed by atoms with van der Waals surface area (Å²) in [5.41, 5.74) is 3.38. The lowest BCUT2D eigenvalue weighted by Crippen LogP contribution is -2.36. The molecule has 0 bridgehead atoms. The number of amides is 1. The highest BCUT2D eigenvalue weighted by atomic mass is 32.1. The standard InChI is InChI=1S/C16H18N6OS/c17-10-13-2-4-14(5-3-13)22-7-1-6-21(8-9-22)11-15(23)19-16-20-18-12-24-16/h2-5,12H,1,6-9,11H2,(H,19,20,23). The fraction of sp³-hybridized carbons (Fsp3) is 0.375. The molecule has 8 heteroatoms. The smallest absolute Gasteiger partial charge is 0.240 e. The summed E-state index contributed by atoms with van der Waals surface area (Å²) < 4.78 is 0. The summed E-state index contributed by atoms with van der Waals surface area (Å²) in [5, 5.41) is 19.7. The van der Waals surface area contributed by atoms with Crippen molar-refractivity contribution in [1.29, 1.82) is 5.26 Å². The summed E-state index contributed by atoms with van der Waals surface area (Å²) in [5.74, 6) is -0.0569. The summed E-state index contributed by atoms with van der Waals surface area (Å²) in [6, 6.07) is 9.78. The van der Waals surface area contributed by atoms with E-state index in [-0.39, 0.29) is 5.91 Å². The van der Waals surface area contributed by atoms with E-state index in [1.165, 1.54) is 11.3 Å². The normalized spacial score (nSPS) is 15.5. The largest absolute Gasteiger partial charge is 0.370 e. The Hall–Kier alpha value is -2.50. The summed E-state index contributed by atoms with van der Waals surface area (Å²) in [4.78, 5) is 16.5. The number of carbonyl (C=O) groups is 1. The minimum absolute atomic E-state index is 0.0569. The Morgan fingerprint density at radius 2 is 2.08 bits per heavy atom. The zero-order chi connectivity index (χ0) is 16.8. The molecule has 3 rings (SSSR count). The van der Waals surface area contributed by atoms with Gasteiger partial charge in [-0.2, -0.15) is 5.26 Å². The molecule has 1 amide bonds. The Labute approximate surface area is 144 Å². The minimum atomic E-state index is -0.0569. The number of hydrogen-bond donors (Lipinski definition) is 1. The third-order valence-corrected chi connectivity index (χ3v) is 4.53. The summed E-state index contributed by atoms with van der Waals surface area (Å²) in [7, 11) is 0. The van der Waals surface area contributed by atoms with Crippen LogP contribution in [0.4, 0.5) is 10.8 Å². The number of nitrogens with zero attached hydrogens (tertiary/aromatic N) is 5. The lowest BCUT2D eigenvalue weighted by Gasteiger charge is -2.23. The van der Waals surface area contributed by atoms with Crippen LogP contribution >= 0.6 is 11.3 Å². The molecule has 1 aliphatic heterocycles. The van der Waals surface area contributed by atoms with E-state index in [4.69, 9.17) is 5.26 Å². The van der Waals surface area contributed by atoms with E-state index in [0.29, 0.717) is 17.2 Å². The van der Waals surface area contributed by atoms with E-state index >= 15 is 0 Å². The van der Waals surface area contributed by atoms with Crippen molar-refractivity contribution in [2.75, 3.05) is 42.9 Å². The molecule has 0 atom stereocenters. The number of anilines is 2. The molecule has 0 aliphatic carbocycles. The van der Waals surface area contributed by atoms with Crippen molar-refractivity contribution >= 4 is 28.1 Å². The molecular weight excluding hydrogens is 324 g/mol. The van der Waals surface area contributed by atoms with Crippen LogP contribution in [0.3, 0.4) is 0 Å². The van der Waals surface area contributed by atoms with Crippen LogP contribution in [0.15, 0.2) is 29.8 Å². The van der Waals surface area contributed by atoms with Gasteiger partial charge in [-0.05, 0) is 30.7 Å². The van der Waals surface area contributed by atoms with Gasteiger partial charge >= 0.3 is 0 Å². The topological polar surface area (TPSA) is 85.2 Å². The zero-order valence-electron chi connectivity index (χ0n) is 13.2. The quantitative estimate of drug-likeness (QED) is 0.908. The Kier molecular flexibility index (Phi) is 5.36. The van der Waals surface area contributed by atoms with Gasteiger partial charge in [0.2, 0.25) is 11.0 Å². The molecule has 0 spiro atoms. The summed E-state index contributed by atoms with van der Waals surface area (Å²) in [6.45, 7) is 3.87. The first-order valence-electron chi connectivity index (χ1n) is 7.78. The average Bonchev–Trinajstić information content (AvgIpc) is 2.99. The van der Waals surface area contributed by atoms with E-state index in [0.717, 1.165) is 38.3 Å². The minimum Gasteiger partial charge on any atom is -0.370 e. The van der Waals surface area contributed by atoms with E-state index in [1.807, 2.05) is 24.3 Å². The van der Waals surface area contributed by atoms with Gasteiger partial charge in [0.1, 0.15) is 5.51 Å². The highest BCUT2D eigenvalue weighted by Gasteiger charge is 2.17. The van der Waals surface area contributed by atoms with E-state index < -0.39 is 0 Å². The average molecular weight is 342 g/mol. The lowest BCUT2D eigenvalue weighted by molar-refractivity contribution is -0.117. The highest BCUT2D eigenvalue weighted by molar-refractivity contribution is 7.13. The van der Waals surface area contributed by atoms with Gasteiger partial charge in [0, 0.05) is 31.9 Å². The molecule has 1 fully saturated rings. The maximum atomic E-state index is 12.1. The van der Waals surface area contributed by atoms with Gasteiger partial charge in [-0.15, -0.1) is 10.2 Å². The molecule has 0 unspecified atom stereocenters. The van der Waals surface area contributed by atoms with Crippen molar-refractivity contribution in [2.24, 2.45) is 0 Å². The first-order chi connectivity index (χ1) is 11.7. The van der Waals surface area contributed by atoms with Crippen LogP contribution in [-0.4, -0.2) is 53.7 Å². The summed E-state index contributed by atoms with van der Waals surface area (Å²) in [6.07, 6.45) is 0.992. The third-order valence-electron chi connectivity index (χ3n) is 3.92. The number of benzene rings is 1. The Morgan fingerprint density at radius 1 is 1.25 bits per heavy atom. The highest BCUT2D eigenvalue weighted by Crippen LogP contribution is 2.17. The van der Waals surface area contributed by atoms with Crippen LogP contribution in [0.2, 0.25) is 0 Å². The summed E-state index contributed by atoms with van der Waals surface area (Å²) >= 11 is 1.31. The second-order valence-corrected chi connectivity index (χ2v) is 6.40. The zero-order valence-corrected chi connectivity index (χ0v) is 14.0. The number of hydrogen-bond acceptors (Lipinski definition) is 7. The van der Waals surface area contributed by atoms with Crippen molar-refractivity contribution in [3.63, 3.8) is 0 Å². The Balaban J connectivity index is 1.52. The van der Waals surface area contributed by atoms with Crippen LogP contribution in [0, 0.1) is 11.3 Å². The van der Waals surface area contributed by atoms with E-state index in [1.54, 1.807) is 5.51 Å². The predicted octanol–water partition coefficient (Wildman–Crippen LogP) is 1.56. The van der Waals surface area contributed by atoms with Gasteiger partial charge in [0.25, 0.3) is 0 Å². The van der Waals surface area contributed by atoms with Crippen LogP contribution in [0.5, 0.6) is 0 Å². The Morgan fingerprint density at radius 3 is 2.79 bits per heavy atom. The van der Waals surface area contributed by atoms with Crippen molar-refractivity contribution in [2.45, 2.75) is 6.42 Å². The van der Waals surface area contributed by atoms with Gasteiger partial charge in [0.15, 0.2) is 0 Å². The third kappa shape index (κ3) is 4.28. The second kappa shape index (κ2) is 7.86. The fourth-order valence-corrected chi connectivity index (χ4v) is 3.18. The monoisotopic (exact) mass is 342 g/mol. The molecule has 7 nitrogen and oxygen atoms in total. The molecule has 24 heavy (non-hydrogen) atoms. The molecule has 1 N–H and O–H groups in total. The fourth-order valence-electron chi connectivity index (χ4n) is 2.72. The van der Waals surface area contributed by atoms with E-state index in [2.05, 4.69) is 31.4 Å². The van der Waals surface area contributed by atoms with Crippen LogP contribution < -0.4 is 10.2 Å². The van der Waals surface area contributed by atoms with Crippen molar-refractivity contribution in [1.82, 2.24) is 15.1 Å². The number of carbonyl (C=O) groups excluding carboxylic acids is 1. The van der Waals surface area contributed by atoms with Crippen molar-refractivity contribution in [3.8, 4) is 6.07 Å². The second-order valence-electron chi connectivity index (χ2n) is 5.57. The van der Waals surface area contributed by atoms with Crippen LogP contribution in [0.1, 0.15) is 12.0 Å².